The summed E-state index contributed by atoms with van der Waals surface area (Å²) < 4.78 is 5.39. The molecule has 0 radical (unpaired) electrons. The van der Waals surface area contributed by atoms with Crippen LogP contribution in [0.25, 0.3) is 0 Å². The van der Waals surface area contributed by atoms with Gasteiger partial charge in [-0.25, -0.2) is 0 Å². The fourth-order valence-corrected chi connectivity index (χ4v) is 5.98. The number of aliphatic imine (C=N–C) groups is 1. The van der Waals surface area contributed by atoms with E-state index in [1.807, 2.05) is 0 Å². The average Bonchev–Trinajstić information content (AvgIpc) is 3.15. The second-order valence-electron chi connectivity index (χ2n) is 13.3. The number of rotatable bonds is 15. The maximum absolute atomic E-state index is 13.9. The number of carbonyl (C=O) groups is 7. The smallest absolute Gasteiger partial charge is 0.305 e. The van der Waals surface area contributed by atoms with Gasteiger partial charge >= 0.3 is 5.97 Å². The molecule has 3 rings (SSSR count). The number of carboxylic acid groups (broad SMARTS) is 1. The third kappa shape index (κ3) is 14.0. The maximum Gasteiger partial charge on any atom is 0.305 e. The second-order valence-corrected chi connectivity index (χ2v) is 13.3. The van der Waals surface area contributed by atoms with Crippen LogP contribution in [0.5, 0.6) is 0 Å². The number of aliphatic carboxylic acids is 1. The summed E-state index contributed by atoms with van der Waals surface area (Å²) in [7, 11) is 0. The van der Waals surface area contributed by atoms with Gasteiger partial charge in [0.1, 0.15) is 42.5 Å². The molecule has 0 unspecified atom stereocenters. The minimum absolute atomic E-state index is 0.00581. The minimum Gasteiger partial charge on any atom is -0.481 e. The number of unbranched alkanes of at least 4 members (excludes halogenated alkanes) is 1. The zero-order valence-corrected chi connectivity index (χ0v) is 30.6. The normalized spacial score (nSPS) is 27.9. The van der Waals surface area contributed by atoms with E-state index in [0.717, 1.165) is 0 Å². The van der Waals surface area contributed by atoms with Gasteiger partial charge in [-0.05, 0) is 37.7 Å². The molecule has 6 amide bonds. The van der Waals surface area contributed by atoms with Crippen molar-refractivity contribution in [1.29, 1.82) is 0 Å². The lowest BCUT2D eigenvalue weighted by molar-refractivity contribution is -0.217. The zero-order chi connectivity index (χ0) is 41.4. The standard InChI is InChI=1S/C34H52N10O12/c35-15-22-25(48)26(49)27(50)28(56-22)33(55)38-11-5-4-9-19-30(52)42-18(10-6-12-39-34(36)37)29(51)40-16-23(45)41-21(14-24(46)47)32(54)44-20(31(53)43-19)13-17-7-2-1-3-8-17/h1-3,7-8,18-22,25-28,48-50H,4-6,9-16,35H2,(H,38,55)(H,40,51)(H,41,45)(H,42,52)(H,43,53)(H,44,54)(H,46,47)(H4,36,37,39)/t18-,19-,20+,21+,22-,25+,26+,27+,28+/m0/s1. The van der Waals surface area contributed by atoms with E-state index in [2.05, 4.69) is 36.9 Å². The van der Waals surface area contributed by atoms with E-state index >= 15 is 0 Å². The Morgan fingerprint density at radius 3 is 2.04 bits per heavy atom. The SMILES string of the molecule is NC[C@@H]1O[C@@H](C(=O)NCCCC[C@@H]2NC(=O)[C@@H](Cc3ccccc3)NC(=O)[C@@H](CC(=O)O)NC(=O)CNC(=O)[C@H](CCCN=C(N)N)NC2=O)[C@H](O)[C@H](O)[C@@H]1O. The molecule has 0 aromatic heterocycles. The van der Waals surface area contributed by atoms with Crippen molar-refractivity contribution in [2.75, 3.05) is 26.2 Å². The highest BCUT2D eigenvalue weighted by Gasteiger charge is 2.46. The molecule has 2 saturated heterocycles. The first-order valence-corrected chi connectivity index (χ1v) is 18.1. The largest absolute Gasteiger partial charge is 0.481 e. The Hall–Kier alpha value is -5.42. The number of carbonyl (C=O) groups excluding carboxylic acids is 6. The molecule has 22 nitrogen and oxygen atoms in total. The van der Waals surface area contributed by atoms with Crippen LogP contribution in [0, 0.1) is 0 Å². The van der Waals surface area contributed by atoms with Gasteiger partial charge in [-0.2, -0.15) is 0 Å². The van der Waals surface area contributed by atoms with Crippen molar-refractivity contribution in [3.8, 4) is 0 Å². The van der Waals surface area contributed by atoms with Crippen molar-refractivity contribution in [3.63, 3.8) is 0 Å². The van der Waals surface area contributed by atoms with Crippen molar-refractivity contribution in [3.05, 3.63) is 35.9 Å². The summed E-state index contributed by atoms with van der Waals surface area (Å²) in [5.41, 5.74) is 16.9. The number of hydrogen-bond acceptors (Lipinski definition) is 13. The number of amides is 6. The Labute approximate surface area is 321 Å². The van der Waals surface area contributed by atoms with Crippen LogP contribution in [0.15, 0.2) is 35.3 Å². The number of ether oxygens (including phenoxy) is 1. The van der Waals surface area contributed by atoms with Crippen molar-refractivity contribution >= 4 is 47.4 Å². The molecule has 2 aliphatic heterocycles. The third-order valence-corrected chi connectivity index (χ3v) is 9.00. The molecule has 22 heteroatoms. The summed E-state index contributed by atoms with van der Waals surface area (Å²) in [5.74, 6) is -6.75. The third-order valence-electron chi connectivity index (χ3n) is 9.00. The van der Waals surface area contributed by atoms with Crippen LogP contribution in [-0.2, 0) is 44.7 Å². The lowest BCUT2D eigenvalue weighted by Gasteiger charge is -2.39. The minimum atomic E-state index is -1.73. The number of guanidine groups is 1. The lowest BCUT2D eigenvalue weighted by atomic mass is 9.94. The number of aliphatic hydroxyl groups is 3. The van der Waals surface area contributed by atoms with Gasteiger partial charge < -0.3 is 74.3 Å². The summed E-state index contributed by atoms with van der Waals surface area (Å²) in [6.45, 7) is -0.822. The fourth-order valence-electron chi connectivity index (χ4n) is 5.98. The van der Waals surface area contributed by atoms with E-state index < -0.39 is 109 Å². The number of nitrogens with one attached hydrogen (secondary N) is 6. The Morgan fingerprint density at radius 1 is 0.786 bits per heavy atom. The molecule has 9 atom stereocenters. The molecular weight excluding hydrogens is 740 g/mol. The molecule has 56 heavy (non-hydrogen) atoms. The predicted octanol–water partition coefficient (Wildman–Crippen LogP) is -6.08. The van der Waals surface area contributed by atoms with Crippen LogP contribution < -0.4 is 49.1 Å². The van der Waals surface area contributed by atoms with Gasteiger partial charge in [0, 0.05) is 26.1 Å². The number of benzene rings is 1. The summed E-state index contributed by atoms with van der Waals surface area (Å²) in [5, 5.41) is 54.8. The Kier molecular flexibility index (Phi) is 17.8. The number of nitrogens with zero attached hydrogens (tertiary/aromatic N) is 1. The summed E-state index contributed by atoms with van der Waals surface area (Å²) in [4.78, 5) is 95.4. The van der Waals surface area contributed by atoms with Crippen molar-refractivity contribution in [2.45, 2.75) is 99.6 Å². The molecule has 0 bridgehead atoms. The highest BCUT2D eigenvalue weighted by atomic mass is 16.5. The summed E-state index contributed by atoms with van der Waals surface area (Å²) in [6.07, 6.45) is -7.92. The Bertz CT molecular complexity index is 1560. The van der Waals surface area contributed by atoms with Gasteiger partial charge in [-0.3, -0.25) is 38.6 Å². The van der Waals surface area contributed by atoms with Crippen molar-refractivity contribution < 1.29 is 58.7 Å². The molecule has 2 fully saturated rings. The highest BCUT2D eigenvalue weighted by molar-refractivity contribution is 5.98. The Morgan fingerprint density at radius 2 is 1.39 bits per heavy atom. The van der Waals surface area contributed by atoms with E-state index in [9.17, 15) is 54.0 Å². The summed E-state index contributed by atoms with van der Waals surface area (Å²) in [6, 6.07) is 2.94. The fraction of sp³-hybridized carbons (Fsp3) is 0.588. The van der Waals surface area contributed by atoms with E-state index in [0.29, 0.717) is 5.56 Å². The molecule has 2 aliphatic rings. The first-order valence-electron chi connectivity index (χ1n) is 18.1. The monoisotopic (exact) mass is 792 g/mol. The van der Waals surface area contributed by atoms with Crippen LogP contribution >= 0.6 is 0 Å². The van der Waals surface area contributed by atoms with Crippen LogP contribution in [0.1, 0.15) is 44.1 Å². The molecule has 2 heterocycles. The molecule has 0 aliphatic carbocycles. The number of aliphatic hydroxyl groups excluding tert-OH is 3. The summed E-state index contributed by atoms with van der Waals surface area (Å²) >= 11 is 0. The number of nitrogens with two attached hydrogens (primary N) is 3. The topological polar surface area (TPSA) is 372 Å². The highest BCUT2D eigenvalue weighted by Crippen LogP contribution is 2.21. The van der Waals surface area contributed by atoms with Gasteiger partial charge in [0.25, 0.3) is 5.91 Å². The van der Waals surface area contributed by atoms with Crippen molar-refractivity contribution in [1.82, 2.24) is 31.9 Å². The van der Waals surface area contributed by atoms with E-state index in [1.54, 1.807) is 30.3 Å². The van der Waals surface area contributed by atoms with Gasteiger partial charge in [0.15, 0.2) is 12.1 Å². The lowest BCUT2D eigenvalue weighted by Crippen LogP contribution is -2.62. The van der Waals surface area contributed by atoms with Crippen LogP contribution in [-0.4, -0.2) is 149 Å². The van der Waals surface area contributed by atoms with Gasteiger partial charge in [-0.15, -0.1) is 0 Å². The first kappa shape index (κ1) is 45.0. The quantitative estimate of drug-likeness (QED) is 0.0447. The van der Waals surface area contributed by atoms with E-state index in [1.165, 1.54) is 0 Å². The average molecular weight is 793 g/mol. The molecule has 1 aromatic rings. The van der Waals surface area contributed by atoms with E-state index in [4.69, 9.17) is 21.9 Å². The first-order chi connectivity index (χ1) is 26.6. The molecular formula is C34H52N10O12. The molecule has 1 aromatic carbocycles. The van der Waals surface area contributed by atoms with Gasteiger partial charge in [-0.1, -0.05) is 30.3 Å². The van der Waals surface area contributed by atoms with Crippen molar-refractivity contribution in [2.24, 2.45) is 22.2 Å². The van der Waals surface area contributed by atoms with Gasteiger partial charge in [0.05, 0.1) is 19.1 Å². The molecule has 0 saturated carbocycles. The maximum atomic E-state index is 13.9. The molecule has 0 spiro atoms. The van der Waals surface area contributed by atoms with Crippen LogP contribution in [0.3, 0.4) is 0 Å². The van der Waals surface area contributed by atoms with Crippen LogP contribution in [0.4, 0.5) is 0 Å². The van der Waals surface area contributed by atoms with Crippen LogP contribution in [0.2, 0.25) is 0 Å². The molecule has 310 valence electrons. The zero-order valence-electron chi connectivity index (χ0n) is 30.6. The predicted molar refractivity (Wildman–Crippen MR) is 196 cm³/mol. The Balaban J connectivity index is 1.84. The van der Waals surface area contributed by atoms with E-state index in [-0.39, 0.29) is 64.1 Å². The number of hydrogen-bond donors (Lipinski definition) is 13. The van der Waals surface area contributed by atoms with Gasteiger partial charge in [0.2, 0.25) is 29.5 Å². The molecule has 16 N–H and O–H groups in total. The second kappa shape index (κ2) is 22.2. The number of carboxylic acids is 1.